The van der Waals surface area contributed by atoms with Crippen molar-refractivity contribution in [2.75, 3.05) is 12.3 Å². The normalized spacial score (nSPS) is 21.6. The summed E-state index contributed by atoms with van der Waals surface area (Å²) in [7, 11) is 0. The topological polar surface area (TPSA) is 63.8 Å². The number of piperidine rings is 1. The van der Waals surface area contributed by atoms with E-state index in [2.05, 4.69) is 15.5 Å². The summed E-state index contributed by atoms with van der Waals surface area (Å²) in [5, 5.41) is 11.6. The number of nitrogens with one attached hydrogen (secondary N) is 1. The van der Waals surface area contributed by atoms with E-state index < -0.39 is 0 Å². The monoisotopic (exact) mass is 226 g/mol. The van der Waals surface area contributed by atoms with Gasteiger partial charge in [0.05, 0.1) is 0 Å². The molecule has 0 radical (unpaired) electrons. The maximum absolute atomic E-state index is 5.95. The Hall–Kier alpha value is -0.870. The first-order chi connectivity index (χ1) is 7.20. The van der Waals surface area contributed by atoms with E-state index >= 15 is 0 Å². The number of hydrogen-bond donors (Lipinski definition) is 2. The van der Waals surface area contributed by atoms with Crippen LogP contribution in [-0.4, -0.2) is 16.7 Å². The molecule has 15 heavy (non-hydrogen) atoms. The maximum atomic E-state index is 5.95. The van der Waals surface area contributed by atoms with E-state index in [0.717, 1.165) is 24.1 Å². The van der Waals surface area contributed by atoms with Gasteiger partial charge in [0.2, 0.25) is 0 Å². The lowest BCUT2D eigenvalue weighted by Crippen LogP contribution is -2.28. The van der Waals surface area contributed by atoms with E-state index in [1.54, 1.807) is 0 Å². The van der Waals surface area contributed by atoms with E-state index in [-0.39, 0.29) is 6.04 Å². The number of aromatic nitrogens is 2. The van der Waals surface area contributed by atoms with Gasteiger partial charge in [-0.1, -0.05) is 18.0 Å². The molecule has 1 aromatic heterocycles. The van der Waals surface area contributed by atoms with Crippen molar-refractivity contribution < 1.29 is 0 Å². The highest BCUT2D eigenvalue weighted by Gasteiger charge is 2.21. The molecule has 0 aromatic carbocycles. The van der Waals surface area contributed by atoms with Crippen LogP contribution in [0.2, 0.25) is 5.15 Å². The average molecular weight is 227 g/mol. The molecule has 0 spiro atoms. The summed E-state index contributed by atoms with van der Waals surface area (Å²) in [5.41, 5.74) is 7.82. The Balaban J connectivity index is 2.36. The first-order valence-corrected chi connectivity index (χ1v) is 5.59. The summed E-state index contributed by atoms with van der Waals surface area (Å²) < 4.78 is 0. The van der Waals surface area contributed by atoms with Crippen LogP contribution >= 0.6 is 11.6 Å². The number of nitrogens with zero attached hydrogens (tertiary/aromatic N) is 2. The highest BCUT2D eigenvalue weighted by Crippen LogP contribution is 2.30. The second-order valence-electron chi connectivity index (χ2n) is 3.92. The van der Waals surface area contributed by atoms with Gasteiger partial charge in [-0.25, -0.2) is 0 Å². The third-order valence-electron chi connectivity index (χ3n) is 2.89. The lowest BCUT2D eigenvalue weighted by atomic mass is 9.95. The van der Waals surface area contributed by atoms with Gasteiger partial charge in [-0.3, -0.25) is 0 Å². The summed E-state index contributed by atoms with van der Waals surface area (Å²) >= 11 is 5.95. The van der Waals surface area contributed by atoms with E-state index in [1.165, 1.54) is 12.8 Å². The summed E-state index contributed by atoms with van der Waals surface area (Å²) in [5.74, 6) is 0.497. The Labute approximate surface area is 94.2 Å². The van der Waals surface area contributed by atoms with Crippen LogP contribution in [0.25, 0.3) is 0 Å². The molecule has 0 amide bonds. The van der Waals surface area contributed by atoms with E-state index in [4.69, 9.17) is 17.3 Å². The highest BCUT2D eigenvalue weighted by atomic mass is 35.5. The molecule has 1 saturated heterocycles. The van der Waals surface area contributed by atoms with E-state index in [1.807, 2.05) is 6.92 Å². The fourth-order valence-electron chi connectivity index (χ4n) is 2.07. The molecular weight excluding hydrogens is 212 g/mol. The summed E-state index contributed by atoms with van der Waals surface area (Å²) in [4.78, 5) is 0. The smallest absolute Gasteiger partial charge is 0.155 e. The number of anilines is 1. The second-order valence-corrected chi connectivity index (χ2v) is 4.28. The Morgan fingerprint density at radius 2 is 2.20 bits per heavy atom. The molecular formula is C10H15ClN4. The molecule has 0 aliphatic carbocycles. The quantitative estimate of drug-likeness (QED) is 0.767. The number of nitrogen functional groups attached to an aromatic ring is 1. The first kappa shape index (κ1) is 10.6. The Bertz CT molecular complexity index is 361. The van der Waals surface area contributed by atoms with Crippen LogP contribution in [0.5, 0.6) is 0 Å². The molecule has 2 rings (SSSR count). The minimum absolute atomic E-state index is 0.284. The van der Waals surface area contributed by atoms with Crippen LogP contribution in [0.4, 0.5) is 5.82 Å². The van der Waals surface area contributed by atoms with Gasteiger partial charge in [0, 0.05) is 11.6 Å². The van der Waals surface area contributed by atoms with Crippen molar-refractivity contribution in [2.45, 2.75) is 32.2 Å². The molecule has 3 N–H and O–H groups in total. The summed E-state index contributed by atoms with van der Waals surface area (Å²) in [6.07, 6.45) is 3.53. The van der Waals surface area contributed by atoms with Crippen molar-refractivity contribution in [3.8, 4) is 0 Å². The van der Waals surface area contributed by atoms with E-state index in [0.29, 0.717) is 11.0 Å². The lowest BCUT2D eigenvalue weighted by molar-refractivity contribution is 0.411. The third-order valence-corrected chi connectivity index (χ3v) is 3.25. The Morgan fingerprint density at radius 1 is 1.40 bits per heavy atom. The fourth-order valence-corrected chi connectivity index (χ4v) is 2.21. The SMILES string of the molecule is Cc1c(Cl)nnc(N)c1C1CCCCN1. The molecule has 0 bridgehead atoms. The number of halogens is 1. The van der Waals surface area contributed by atoms with Crippen LogP contribution in [0.1, 0.15) is 36.4 Å². The van der Waals surface area contributed by atoms with Crippen molar-refractivity contribution in [3.05, 3.63) is 16.3 Å². The van der Waals surface area contributed by atoms with Crippen molar-refractivity contribution in [1.82, 2.24) is 15.5 Å². The van der Waals surface area contributed by atoms with Gasteiger partial charge >= 0.3 is 0 Å². The zero-order chi connectivity index (χ0) is 10.8. The number of hydrogen-bond acceptors (Lipinski definition) is 4. The fraction of sp³-hybridized carbons (Fsp3) is 0.600. The highest BCUT2D eigenvalue weighted by molar-refractivity contribution is 6.30. The molecule has 5 heteroatoms. The predicted molar refractivity (Wildman–Crippen MR) is 60.8 cm³/mol. The minimum Gasteiger partial charge on any atom is -0.382 e. The first-order valence-electron chi connectivity index (χ1n) is 5.21. The van der Waals surface area contributed by atoms with Crippen molar-refractivity contribution in [3.63, 3.8) is 0 Å². The average Bonchev–Trinajstić information content (AvgIpc) is 2.26. The molecule has 1 fully saturated rings. The van der Waals surface area contributed by atoms with Crippen LogP contribution in [0, 0.1) is 6.92 Å². The largest absolute Gasteiger partial charge is 0.382 e. The van der Waals surface area contributed by atoms with Gasteiger partial charge in [-0.05, 0) is 31.9 Å². The van der Waals surface area contributed by atoms with Crippen molar-refractivity contribution >= 4 is 17.4 Å². The minimum atomic E-state index is 0.284. The molecule has 1 unspecified atom stereocenters. The van der Waals surface area contributed by atoms with Gasteiger partial charge in [0.25, 0.3) is 0 Å². The van der Waals surface area contributed by atoms with Gasteiger partial charge < -0.3 is 11.1 Å². The molecule has 1 aromatic rings. The molecule has 1 atom stereocenters. The van der Waals surface area contributed by atoms with Crippen LogP contribution in [0.3, 0.4) is 0 Å². The molecule has 0 saturated carbocycles. The zero-order valence-electron chi connectivity index (χ0n) is 8.76. The Kier molecular flexibility index (Phi) is 3.07. The van der Waals surface area contributed by atoms with Gasteiger partial charge in [-0.2, -0.15) is 0 Å². The zero-order valence-corrected chi connectivity index (χ0v) is 9.51. The van der Waals surface area contributed by atoms with Gasteiger partial charge in [0.1, 0.15) is 0 Å². The number of nitrogens with two attached hydrogens (primary N) is 1. The molecule has 4 nitrogen and oxygen atoms in total. The predicted octanol–water partition coefficient (Wildman–Crippen LogP) is 1.84. The molecule has 82 valence electrons. The van der Waals surface area contributed by atoms with Crippen LogP contribution in [-0.2, 0) is 0 Å². The maximum Gasteiger partial charge on any atom is 0.155 e. The van der Waals surface area contributed by atoms with Crippen LogP contribution in [0.15, 0.2) is 0 Å². The standard InChI is InChI=1S/C10H15ClN4/c1-6-8(7-4-2-3-5-13-7)10(12)15-14-9(6)11/h7,13H,2-5H2,1H3,(H2,12,15). The molecule has 1 aliphatic rings. The Morgan fingerprint density at radius 3 is 2.87 bits per heavy atom. The molecule has 1 aliphatic heterocycles. The number of rotatable bonds is 1. The van der Waals surface area contributed by atoms with Crippen molar-refractivity contribution in [2.24, 2.45) is 0 Å². The molecule has 2 heterocycles. The third kappa shape index (κ3) is 2.06. The van der Waals surface area contributed by atoms with Crippen LogP contribution < -0.4 is 11.1 Å². The van der Waals surface area contributed by atoms with Crippen molar-refractivity contribution in [1.29, 1.82) is 0 Å². The van der Waals surface area contributed by atoms with Gasteiger partial charge in [-0.15, -0.1) is 10.2 Å². The lowest BCUT2D eigenvalue weighted by Gasteiger charge is -2.25. The summed E-state index contributed by atoms with van der Waals surface area (Å²) in [6.45, 7) is 2.97. The summed E-state index contributed by atoms with van der Waals surface area (Å²) in [6, 6.07) is 0.284. The second kappa shape index (κ2) is 4.33. The van der Waals surface area contributed by atoms with E-state index in [9.17, 15) is 0 Å². The van der Waals surface area contributed by atoms with Gasteiger partial charge in [0.15, 0.2) is 11.0 Å².